The first-order valence-corrected chi connectivity index (χ1v) is 7.57. The smallest absolute Gasteiger partial charge is 0.238 e. The molecular formula is C16H23N3O. The maximum atomic E-state index is 12.1. The second kappa shape index (κ2) is 5.94. The monoisotopic (exact) mass is 273 g/mol. The standard InChI is InChI=1S/C16H23N3O/c17-9-12-3-5-14(6-4-12)18-16(20)11-19(15-7-8-15)10-13-1-2-13/h3-6,13,15H,1-2,7-11,17H2,(H,18,20). The number of hydrogen-bond donors (Lipinski definition) is 2. The Bertz CT molecular complexity index is 463. The van der Waals surface area contributed by atoms with Gasteiger partial charge in [0.25, 0.3) is 0 Å². The summed E-state index contributed by atoms with van der Waals surface area (Å²) >= 11 is 0. The molecule has 3 rings (SSSR count). The highest BCUT2D eigenvalue weighted by Crippen LogP contribution is 2.34. The number of nitrogens with zero attached hydrogens (tertiary/aromatic N) is 1. The van der Waals surface area contributed by atoms with Crippen LogP contribution in [0.3, 0.4) is 0 Å². The van der Waals surface area contributed by atoms with Crippen molar-refractivity contribution in [2.75, 3.05) is 18.4 Å². The van der Waals surface area contributed by atoms with E-state index in [2.05, 4.69) is 10.2 Å². The second-order valence-electron chi connectivity index (χ2n) is 6.05. The summed E-state index contributed by atoms with van der Waals surface area (Å²) in [7, 11) is 0. The highest BCUT2D eigenvalue weighted by atomic mass is 16.2. The fraction of sp³-hybridized carbons (Fsp3) is 0.562. The molecule has 2 aliphatic carbocycles. The molecule has 4 nitrogen and oxygen atoms in total. The first kappa shape index (κ1) is 13.6. The van der Waals surface area contributed by atoms with E-state index in [1.807, 2.05) is 24.3 Å². The number of hydrogen-bond acceptors (Lipinski definition) is 3. The van der Waals surface area contributed by atoms with Crippen LogP contribution in [0.25, 0.3) is 0 Å². The molecule has 2 aliphatic rings. The van der Waals surface area contributed by atoms with E-state index < -0.39 is 0 Å². The minimum Gasteiger partial charge on any atom is -0.326 e. The van der Waals surface area contributed by atoms with Crippen molar-refractivity contribution in [3.63, 3.8) is 0 Å². The molecule has 1 aromatic rings. The summed E-state index contributed by atoms with van der Waals surface area (Å²) in [6, 6.07) is 8.41. The molecule has 0 aliphatic heterocycles. The van der Waals surface area contributed by atoms with E-state index in [0.717, 1.165) is 23.7 Å². The lowest BCUT2D eigenvalue weighted by Crippen LogP contribution is -2.36. The van der Waals surface area contributed by atoms with Crippen molar-refractivity contribution in [3.8, 4) is 0 Å². The summed E-state index contributed by atoms with van der Waals surface area (Å²) in [5.41, 5.74) is 7.50. The lowest BCUT2D eigenvalue weighted by Gasteiger charge is -2.21. The van der Waals surface area contributed by atoms with Gasteiger partial charge in [-0.3, -0.25) is 9.69 Å². The number of nitrogens with one attached hydrogen (secondary N) is 1. The second-order valence-corrected chi connectivity index (χ2v) is 6.05. The molecule has 1 aromatic carbocycles. The SMILES string of the molecule is NCc1ccc(NC(=O)CN(CC2CC2)C2CC2)cc1. The number of rotatable bonds is 7. The summed E-state index contributed by atoms with van der Waals surface area (Å²) < 4.78 is 0. The van der Waals surface area contributed by atoms with E-state index in [1.54, 1.807) is 0 Å². The minimum absolute atomic E-state index is 0.0954. The molecular weight excluding hydrogens is 250 g/mol. The minimum atomic E-state index is 0.0954. The Kier molecular flexibility index (Phi) is 4.03. The van der Waals surface area contributed by atoms with E-state index >= 15 is 0 Å². The molecule has 0 aromatic heterocycles. The van der Waals surface area contributed by atoms with Gasteiger partial charge < -0.3 is 11.1 Å². The normalized spacial score (nSPS) is 18.3. The largest absolute Gasteiger partial charge is 0.326 e. The molecule has 0 unspecified atom stereocenters. The van der Waals surface area contributed by atoms with Gasteiger partial charge in [-0.05, 0) is 49.3 Å². The van der Waals surface area contributed by atoms with Crippen LogP contribution >= 0.6 is 0 Å². The number of nitrogens with two attached hydrogens (primary N) is 1. The summed E-state index contributed by atoms with van der Waals surface area (Å²) in [5, 5.41) is 2.98. The zero-order valence-corrected chi connectivity index (χ0v) is 11.8. The predicted octanol–water partition coefficient (Wildman–Crippen LogP) is 1.96. The van der Waals surface area contributed by atoms with Gasteiger partial charge in [-0.15, -0.1) is 0 Å². The van der Waals surface area contributed by atoms with Gasteiger partial charge in [0.05, 0.1) is 6.54 Å². The van der Waals surface area contributed by atoms with E-state index in [1.165, 1.54) is 25.7 Å². The first-order valence-electron chi connectivity index (χ1n) is 7.57. The van der Waals surface area contributed by atoms with E-state index in [4.69, 9.17) is 5.73 Å². The Morgan fingerprint density at radius 2 is 1.90 bits per heavy atom. The van der Waals surface area contributed by atoms with Crippen molar-refractivity contribution in [1.29, 1.82) is 0 Å². The van der Waals surface area contributed by atoms with Crippen LogP contribution in [0.4, 0.5) is 5.69 Å². The van der Waals surface area contributed by atoms with Crippen LogP contribution in [0, 0.1) is 5.92 Å². The van der Waals surface area contributed by atoms with Gasteiger partial charge in [0.1, 0.15) is 0 Å². The highest BCUT2D eigenvalue weighted by Gasteiger charge is 2.34. The number of anilines is 1. The van der Waals surface area contributed by atoms with Crippen LogP contribution in [0.2, 0.25) is 0 Å². The molecule has 0 spiro atoms. The number of carbonyl (C=O) groups excluding carboxylic acids is 1. The van der Waals surface area contributed by atoms with Crippen LogP contribution in [0.5, 0.6) is 0 Å². The van der Waals surface area contributed by atoms with Crippen LogP contribution in [0.1, 0.15) is 31.2 Å². The molecule has 0 saturated heterocycles. The summed E-state index contributed by atoms with van der Waals surface area (Å²) in [6.45, 7) is 2.16. The fourth-order valence-corrected chi connectivity index (χ4v) is 2.52. The van der Waals surface area contributed by atoms with Crippen molar-refractivity contribution < 1.29 is 4.79 Å². The van der Waals surface area contributed by atoms with Crippen LogP contribution in [-0.2, 0) is 11.3 Å². The summed E-state index contributed by atoms with van der Waals surface area (Å²) in [6.07, 6.45) is 5.19. The molecule has 2 saturated carbocycles. The quantitative estimate of drug-likeness (QED) is 0.798. The molecule has 4 heteroatoms. The molecule has 3 N–H and O–H groups in total. The first-order chi connectivity index (χ1) is 9.74. The summed E-state index contributed by atoms with van der Waals surface area (Å²) in [5.74, 6) is 0.935. The maximum absolute atomic E-state index is 12.1. The average Bonchev–Trinajstić information content (AvgIpc) is 3.32. The Labute approximate surface area is 120 Å². The molecule has 1 amide bonds. The van der Waals surface area contributed by atoms with Gasteiger partial charge >= 0.3 is 0 Å². The van der Waals surface area contributed by atoms with E-state index in [9.17, 15) is 4.79 Å². The van der Waals surface area contributed by atoms with E-state index in [-0.39, 0.29) is 5.91 Å². The predicted molar refractivity (Wildman–Crippen MR) is 80.3 cm³/mol. The maximum Gasteiger partial charge on any atom is 0.238 e. The number of amides is 1. The van der Waals surface area contributed by atoms with Gasteiger partial charge in [-0.2, -0.15) is 0 Å². The van der Waals surface area contributed by atoms with E-state index in [0.29, 0.717) is 19.1 Å². The highest BCUT2D eigenvalue weighted by molar-refractivity contribution is 5.92. The third-order valence-corrected chi connectivity index (χ3v) is 4.07. The van der Waals surface area contributed by atoms with Gasteiger partial charge in [-0.1, -0.05) is 12.1 Å². The molecule has 108 valence electrons. The number of benzene rings is 1. The lowest BCUT2D eigenvalue weighted by atomic mass is 10.2. The van der Waals surface area contributed by atoms with Gasteiger partial charge in [0.2, 0.25) is 5.91 Å². The van der Waals surface area contributed by atoms with Gasteiger partial charge in [-0.25, -0.2) is 0 Å². The average molecular weight is 273 g/mol. The van der Waals surface area contributed by atoms with Crippen LogP contribution < -0.4 is 11.1 Å². The third kappa shape index (κ3) is 3.81. The van der Waals surface area contributed by atoms with Crippen molar-refractivity contribution >= 4 is 11.6 Å². The van der Waals surface area contributed by atoms with Gasteiger partial charge in [0.15, 0.2) is 0 Å². The topological polar surface area (TPSA) is 58.4 Å². The van der Waals surface area contributed by atoms with Crippen molar-refractivity contribution in [3.05, 3.63) is 29.8 Å². The zero-order chi connectivity index (χ0) is 13.9. The molecule has 0 radical (unpaired) electrons. The Morgan fingerprint density at radius 1 is 1.20 bits per heavy atom. The zero-order valence-electron chi connectivity index (χ0n) is 11.8. The molecule has 0 heterocycles. The fourth-order valence-electron chi connectivity index (χ4n) is 2.52. The van der Waals surface area contributed by atoms with Crippen molar-refractivity contribution in [2.45, 2.75) is 38.3 Å². The van der Waals surface area contributed by atoms with Gasteiger partial charge in [0, 0.05) is 24.8 Å². The number of carbonyl (C=O) groups is 1. The molecule has 20 heavy (non-hydrogen) atoms. The Balaban J connectivity index is 1.51. The summed E-state index contributed by atoms with van der Waals surface area (Å²) in [4.78, 5) is 14.5. The third-order valence-electron chi connectivity index (χ3n) is 4.07. The van der Waals surface area contributed by atoms with Crippen molar-refractivity contribution in [2.24, 2.45) is 11.7 Å². The Morgan fingerprint density at radius 3 is 2.45 bits per heavy atom. The molecule has 0 atom stereocenters. The molecule has 0 bridgehead atoms. The van der Waals surface area contributed by atoms with Crippen LogP contribution in [0.15, 0.2) is 24.3 Å². The lowest BCUT2D eigenvalue weighted by molar-refractivity contribution is -0.117. The Hall–Kier alpha value is -1.39. The van der Waals surface area contributed by atoms with Crippen LogP contribution in [-0.4, -0.2) is 29.9 Å². The molecule has 2 fully saturated rings. The van der Waals surface area contributed by atoms with Crippen molar-refractivity contribution in [1.82, 2.24) is 4.90 Å².